The van der Waals surface area contributed by atoms with Crippen LogP contribution in [0.3, 0.4) is 0 Å². The lowest BCUT2D eigenvalue weighted by molar-refractivity contribution is 0.0822. The van der Waals surface area contributed by atoms with Crippen molar-refractivity contribution >= 4 is 23.2 Å². The Labute approximate surface area is 166 Å². The highest BCUT2D eigenvalue weighted by atomic mass is 35.5. The molecule has 1 aliphatic carbocycles. The second kappa shape index (κ2) is 8.31. The Morgan fingerprint density at radius 3 is 1.73 bits per heavy atom. The molecule has 2 aliphatic rings. The van der Waals surface area contributed by atoms with Crippen molar-refractivity contribution < 1.29 is 0 Å². The van der Waals surface area contributed by atoms with Crippen molar-refractivity contribution in [3.05, 3.63) is 69.7 Å². The van der Waals surface area contributed by atoms with Gasteiger partial charge in [-0.3, -0.25) is 4.90 Å². The van der Waals surface area contributed by atoms with E-state index in [1.54, 1.807) is 0 Å². The van der Waals surface area contributed by atoms with Crippen molar-refractivity contribution in [1.82, 2.24) is 10.2 Å². The normalized spacial score (nSPS) is 19.7. The third-order valence-electron chi connectivity index (χ3n) is 5.72. The minimum Gasteiger partial charge on any atom is -0.309 e. The van der Waals surface area contributed by atoms with Crippen LogP contribution >= 0.6 is 23.2 Å². The third kappa shape index (κ3) is 4.26. The summed E-state index contributed by atoms with van der Waals surface area (Å²) in [5, 5.41) is 5.44. The molecule has 0 aromatic heterocycles. The van der Waals surface area contributed by atoms with E-state index in [4.69, 9.17) is 23.2 Å². The van der Waals surface area contributed by atoms with Gasteiger partial charge in [0.2, 0.25) is 0 Å². The fourth-order valence-electron chi connectivity index (χ4n) is 4.34. The summed E-state index contributed by atoms with van der Waals surface area (Å²) in [7, 11) is 0. The lowest BCUT2D eigenvalue weighted by Crippen LogP contribution is -2.61. The topological polar surface area (TPSA) is 15.3 Å². The van der Waals surface area contributed by atoms with Crippen LogP contribution in [0.5, 0.6) is 0 Å². The average Bonchev–Trinajstić information content (AvgIpc) is 2.63. The second-order valence-electron chi connectivity index (χ2n) is 7.66. The van der Waals surface area contributed by atoms with Crippen LogP contribution < -0.4 is 5.32 Å². The van der Waals surface area contributed by atoms with Crippen LogP contribution in [0.2, 0.25) is 10.0 Å². The molecule has 1 aliphatic heterocycles. The zero-order chi connectivity index (χ0) is 17.9. The highest BCUT2D eigenvalue weighted by Gasteiger charge is 2.35. The summed E-state index contributed by atoms with van der Waals surface area (Å²) < 4.78 is 0. The van der Waals surface area contributed by atoms with Crippen LogP contribution in [0, 0.1) is 0 Å². The maximum atomic E-state index is 6.10. The molecule has 4 rings (SSSR count). The fourth-order valence-corrected chi connectivity index (χ4v) is 4.59. The number of benzene rings is 2. The standard InChI is InChI=1S/C22H26Cl2N2/c23-18-10-6-16(7-11-18)22(17-8-12-19(24)13-9-17)26-14-21(15-26)25-20-4-2-1-3-5-20/h6-13,20-22,25H,1-5,14-15H2. The summed E-state index contributed by atoms with van der Waals surface area (Å²) in [5.74, 6) is 0. The van der Waals surface area contributed by atoms with Crippen LogP contribution in [0.1, 0.15) is 49.3 Å². The lowest BCUT2D eigenvalue weighted by Gasteiger charge is -2.46. The van der Waals surface area contributed by atoms with E-state index in [1.807, 2.05) is 24.3 Å². The first kappa shape index (κ1) is 18.3. The van der Waals surface area contributed by atoms with E-state index in [-0.39, 0.29) is 6.04 Å². The highest BCUT2D eigenvalue weighted by molar-refractivity contribution is 6.30. The second-order valence-corrected chi connectivity index (χ2v) is 8.53. The molecule has 4 heteroatoms. The predicted molar refractivity (Wildman–Crippen MR) is 110 cm³/mol. The molecule has 138 valence electrons. The highest BCUT2D eigenvalue weighted by Crippen LogP contribution is 2.34. The molecule has 0 radical (unpaired) electrons. The van der Waals surface area contributed by atoms with Gasteiger partial charge in [0.05, 0.1) is 6.04 Å². The molecule has 0 amide bonds. The summed E-state index contributed by atoms with van der Waals surface area (Å²) in [6.45, 7) is 2.18. The van der Waals surface area contributed by atoms with Gasteiger partial charge < -0.3 is 5.32 Å². The summed E-state index contributed by atoms with van der Waals surface area (Å²) in [4.78, 5) is 2.55. The molecule has 1 saturated carbocycles. The Bertz CT molecular complexity index is 656. The van der Waals surface area contributed by atoms with E-state index in [1.165, 1.54) is 43.2 Å². The lowest BCUT2D eigenvalue weighted by atomic mass is 9.91. The van der Waals surface area contributed by atoms with Gasteiger partial charge >= 0.3 is 0 Å². The quantitative estimate of drug-likeness (QED) is 0.707. The predicted octanol–water partition coefficient (Wildman–Crippen LogP) is 5.69. The largest absolute Gasteiger partial charge is 0.309 e. The van der Waals surface area contributed by atoms with Gasteiger partial charge in [-0.05, 0) is 48.2 Å². The molecule has 2 aromatic rings. The van der Waals surface area contributed by atoms with Crippen molar-refractivity contribution in [2.24, 2.45) is 0 Å². The first-order chi connectivity index (χ1) is 12.7. The van der Waals surface area contributed by atoms with Gasteiger partial charge in [-0.15, -0.1) is 0 Å². The van der Waals surface area contributed by atoms with E-state index >= 15 is 0 Å². The summed E-state index contributed by atoms with van der Waals surface area (Å²) >= 11 is 12.2. The van der Waals surface area contributed by atoms with Gasteiger partial charge in [0.15, 0.2) is 0 Å². The number of nitrogens with one attached hydrogen (secondary N) is 1. The van der Waals surface area contributed by atoms with Crippen molar-refractivity contribution in [2.75, 3.05) is 13.1 Å². The van der Waals surface area contributed by atoms with Crippen LogP contribution in [0.15, 0.2) is 48.5 Å². The summed E-state index contributed by atoms with van der Waals surface area (Å²) in [5.41, 5.74) is 2.57. The van der Waals surface area contributed by atoms with Crippen molar-refractivity contribution in [3.63, 3.8) is 0 Å². The summed E-state index contributed by atoms with van der Waals surface area (Å²) in [6, 6.07) is 18.1. The molecule has 0 atom stereocenters. The number of nitrogens with zero attached hydrogens (tertiary/aromatic N) is 1. The van der Waals surface area contributed by atoms with Crippen LogP contribution in [-0.2, 0) is 0 Å². The van der Waals surface area contributed by atoms with Crippen LogP contribution in [0.25, 0.3) is 0 Å². The smallest absolute Gasteiger partial charge is 0.0602 e. The van der Waals surface area contributed by atoms with Crippen molar-refractivity contribution in [1.29, 1.82) is 0 Å². The molecule has 0 unspecified atom stereocenters. The van der Waals surface area contributed by atoms with Crippen LogP contribution in [-0.4, -0.2) is 30.1 Å². The Morgan fingerprint density at radius 1 is 0.731 bits per heavy atom. The van der Waals surface area contributed by atoms with E-state index in [2.05, 4.69) is 34.5 Å². The first-order valence-electron chi connectivity index (χ1n) is 9.70. The van der Waals surface area contributed by atoms with Gasteiger partial charge in [0.1, 0.15) is 0 Å². The van der Waals surface area contributed by atoms with E-state index in [9.17, 15) is 0 Å². The number of rotatable bonds is 5. The first-order valence-corrected chi connectivity index (χ1v) is 10.5. The Kier molecular flexibility index (Phi) is 5.85. The van der Waals surface area contributed by atoms with E-state index < -0.39 is 0 Å². The maximum absolute atomic E-state index is 6.10. The average molecular weight is 389 g/mol. The number of hydrogen-bond acceptors (Lipinski definition) is 2. The molecule has 1 heterocycles. The molecule has 2 fully saturated rings. The molecular formula is C22H26Cl2N2. The minimum atomic E-state index is 0.258. The summed E-state index contributed by atoms with van der Waals surface area (Å²) in [6.07, 6.45) is 6.85. The Morgan fingerprint density at radius 2 is 1.23 bits per heavy atom. The van der Waals surface area contributed by atoms with Crippen molar-refractivity contribution in [3.8, 4) is 0 Å². The van der Waals surface area contributed by atoms with Gasteiger partial charge in [-0.25, -0.2) is 0 Å². The Hall–Kier alpha value is -1.06. The van der Waals surface area contributed by atoms with Crippen molar-refractivity contribution in [2.45, 2.75) is 50.2 Å². The maximum Gasteiger partial charge on any atom is 0.0602 e. The molecule has 26 heavy (non-hydrogen) atoms. The molecular weight excluding hydrogens is 363 g/mol. The fraction of sp³-hybridized carbons (Fsp3) is 0.455. The van der Waals surface area contributed by atoms with Gasteiger partial charge in [0.25, 0.3) is 0 Å². The molecule has 2 aromatic carbocycles. The Balaban J connectivity index is 1.47. The number of likely N-dealkylation sites (tertiary alicyclic amines) is 1. The van der Waals surface area contributed by atoms with Gasteiger partial charge in [-0.1, -0.05) is 66.7 Å². The monoisotopic (exact) mass is 388 g/mol. The number of hydrogen-bond donors (Lipinski definition) is 1. The SMILES string of the molecule is Clc1ccc(C(c2ccc(Cl)cc2)N2CC(NC3CCCCC3)C2)cc1. The van der Waals surface area contributed by atoms with Gasteiger partial charge in [-0.2, -0.15) is 0 Å². The van der Waals surface area contributed by atoms with E-state index in [0.29, 0.717) is 6.04 Å². The van der Waals surface area contributed by atoms with Crippen LogP contribution in [0.4, 0.5) is 0 Å². The molecule has 0 spiro atoms. The van der Waals surface area contributed by atoms with Gasteiger partial charge in [0, 0.05) is 35.2 Å². The number of halogens is 2. The molecule has 1 N–H and O–H groups in total. The minimum absolute atomic E-state index is 0.258. The zero-order valence-corrected chi connectivity index (χ0v) is 16.5. The molecule has 0 bridgehead atoms. The zero-order valence-electron chi connectivity index (χ0n) is 15.0. The molecule has 1 saturated heterocycles. The van der Waals surface area contributed by atoms with E-state index in [0.717, 1.165) is 29.2 Å². The third-order valence-corrected chi connectivity index (χ3v) is 6.23. The molecule has 2 nitrogen and oxygen atoms in total.